The van der Waals surface area contributed by atoms with Gasteiger partial charge in [0.2, 0.25) is 0 Å². The summed E-state index contributed by atoms with van der Waals surface area (Å²) in [5, 5.41) is 0. The zero-order valence-electron chi connectivity index (χ0n) is 7.31. The molecule has 0 amide bonds. The fourth-order valence-electron chi connectivity index (χ4n) is 2.02. The Labute approximate surface area is 68.5 Å². The second kappa shape index (κ2) is 2.76. The summed E-state index contributed by atoms with van der Waals surface area (Å²) >= 11 is 0. The van der Waals surface area contributed by atoms with E-state index in [4.69, 9.17) is 4.74 Å². The van der Waals surface area contributed by atoms with E-state index < -0.39 is 0 Å². The van der Waals surface area contributed by atoms with Crippen LogP contribution in [0.25, 0.3) is 0 Å². The van der Waals surface area contributed by atoms with Crippen molar-refractivity contribution in [2.75, 3.05) is 32.8 Å². The van der Waals surface area contributed by atoms with Gasteiger partial charge in [-0.15, -0.1) is 0 Å². The third-order valence-electron chi connectivity index (χ3n) is 3.18. The number of nitrogens with zero attached hydrogens (tertiary/aromatic N) is 1. The minimum absolute atomic E-state index is 0.617. The van der Waals surface area contributed by atoms with Crippen molar-refractivity contribution in [2.24, 2.45) is 5.41 Å². The molecule has 0 radical (unpaired) electrons. The Morgan fingerprint density at radius 3 is 2.27 bits per heavy atom. The van der Waals surface area contributed by atoms with Crippen LogP contribution in [0.4, 0.5) is 0 Å². The van der Waals surface area contributed by atoms with Crippen molar-refractivity contribution in [3.8, 4) is 0 Å². The first-order valence-corrected chi connectivity index (χ1v) is 4.65. The maximum Gasteiger partial charge on any atom is 0.0545 e. The van der Waals surface area contributed by atoms with Crippen molar-refractivity contribution in [1.82, 2.24) is 4.90 Å². The highest BCUT2D eigenvalue weighted by Crippen LogP contribution is 2.38. The molecule has 0 unspecified atom stereocenters. The van der Waals surface area contributed by atoms with Crippen LogP contribution in [-0.4, -0.2) is 37.7 Å². The van der Waals surface area contributed by atoms with E-state index >= 15 is 0 Å². The van der Waals surface area contributed by atoms with Gasteiger partial charge in [-0.05, 0) is 32.5 Å². The summed E-state index contributed by atoms with van der Waals surface area (Å²) in [6, 6.07) is 0. The van der Waals surface area contributed by atoms with Gasteiger partial charge in [0.1, 0.15) is 0 Å². The highest BCUT2D eigenvalue weighted by Gasteiger charge is 2.40. The normalized spacial score (nSPS) is 30.3. The van der Waals surface area contributed by atoms with Gasteiger partial charge in [0, 0.05) is 5.41 Å². The lowest BCUT2D eigenvalue weighted by atomic mass is 9.77. The molecule has 0 bridgehead atoms. The molecule has 0 atom stereocenters. The molecule has 2 heterocycles. The maximum atomic E-state index is 5.27. The van der Waals surface area contributed by atoms with Gasteiger partial charge in [0.05, 0.1) is 13.2 Å². The summed E-state index contributed by atoms with van der Waals surface area (Å²) in [6.45, 7) is 8.11. The van der Waals surface area contributed by atoms with Crippen LogP contribution in [0.3, 0.4) is 0 Å². The van der Waals surface area contributed by atoms with Crippen LogP contribution in [0.5, 0.6) is 0 Å². The summed E-state index contributed by atoms with van der Waals surface area (Å²) in [5.41, 5.74) is 0.617. The highest BCUT2D eigenvalue weighted by atomic mass is 16.5. The molecule has 0 aromatic heterocycles. The monoisotopic (exact) mass is 155 g/mol. The molecule has 1 spiro atoms. The van der Waals surface area contributed by atoms with Gasteiger partial charge in [0.25, 0.3) is 0 Å². The molecule has 0 aromatic rings. The Hall–Kier alpha value is -0.0800. The second-order valence-electron chi connectivity index (χ2n) is 3.93. The van der Waals surface area contributed by atoms with Gasteiger partial charge < -0.3 is 9.64 Å². The van der Waals surface area contributed by atoms with E-state index in [1.54, 1.807) is 0 Å². The quantitative estimate of drug-likeness (QED) is 0.562. The Bertz CT molecular complexity index is 132. The molecule has 2 heteroatoms. The van der Waals surface area contributed by atoms with E-state index in [-0.39, 0.29) is 0 Å². The summed E-state index contributed by atoms with van der Waals surface area (Å²) in [5.74, 6) is 0. The largest absolute Gasteiger partial charge is 0.380 e. The molecule has 0 N–H and O–H groups in total. The number of piperidine rings is 1. The Balaban J connectivity index is 1.84. The first-order chi connectivity index (χ1) is 5.35. The second-order valence-corrected chi connectivity index (χ2v) is 3.93. The zero-order chi connectivity index (χ0) is 7.73. The molecule has 2 saturated heterocycles. The lowest BCUT2D eigenvalue weighted by molar-refractivity contribution is -0.139. The summed E-state index contributed by atoms with van der Waals surface area (Å²) < 4.78 is 5.27. The predicted molar refractivity (Wildman–Crippen MR) is 44.6 cm³/mol. The number of hydrogen-bond donors (Lipinski definition) is 0. The van der Waals surface area contributed by atoms with Crippen molar-refractivity contribution in [3.63, 3.8) is 0 Å². The standard InChI is InChI=1S/C9H17NO/c1-2-10-5-3-9(4-6-10)7-11-8-9/h2-8H2,1H3. The number of ether oxygens (including phenoxy) is 1. The fourth-order valence-corrected chi connectivity index (χ4v) is 2.02. The van der Waals surface area contributed by atoms with Crippen LogP contribution in [-0.2, 0) is 4.74 Å². The third-order valence-corrected chi connectivity index (χ3v) is 3.18. The van der Waals surface area contributed by atoms with Crippen LogP contribution < -0.4 is 0 Å². The summed E-state index contributed by atoms with van der Waals surface area (Å²) in [6.07, 6.45) is 2.72. The fraction of sp³-hybridized carbons (Fsp3) is 1.00. The highest BCUT2D eigenvalue weighted by molar-refractivity contribution is 4.90. The van der Waals surface area contributed by atoms with Crippen molar-refractivity contribution in [1.29, 1.82) is 0 Å². The molecular weight excluding hydrogens is 138 g/mol. The van der Waals surface area contributed by atoms with Crippen molar-refractivity contribution in [2.45, 2.75) is 19.8 Å². The first-order valence-electron chi connectivity index (χ1n) is 4.65. The average molecular weight is 155 g/mol. The van der Waals surface area contributed by atoms with Gasteiger partial charge in [0.15, 0.2) is 0 Å². The van der Waals surface area contributed by atoms with Crippen LogP contribution in [0.2, 0.25) is 0 Å². The topological polar surface area (TPSA) is 12.5 Å². The van der Waals surface area contributed by atoms with Crippen LogP contribution in [0.15, 0.2) is 0 Å². The van der Waals surface area contributed by atoms with Crippen molar-refractivity contribution < 1.29 is 4.74 Å². The smallest absolute Gasteiger partial charge is 0.0545 e. The average Bonchev–Trinajstić information content (AvgIpc) is 2.02. The Morgan fingerprint density at radius 1 is 1.27 bits per heavy atom. The van der Waals surface area contributed by atoms with Gasteiger partial charge in [-0.2, -0.15) is 0 Å². The molecule has 11 heavy (non-hydrogen) atoms. The lowest BCUT2D eigenvalue weighted by Gasteiger charge is -2.47. The zero-order valence-corrected chi connectivity index (χ0v) is 7.31. The molecular formula is C9H17NO. The Kier molecular flexibility index (Phi) is 1.90. The van der Waals surface area contributed by atoms with E-state index in [2.05, 4.69) is 11.8 Å². The number of rotatable bonds is 1. The predicted octanol–water partition coefficient (Wildman–Crippen LogP) is 1.12. The molecule has 0 aromatic carbocycles. The first kappa shape index (κ1) is 7.56. The minimum Gasteiger partial charge on any atom is -0.380 e. The number of likely N-dealkylation sites (tertiary alicyclic amines) is 1. The molecule has 2 nitrogen and oxygen atoms in total. The third kappa shape index (κ3) is 1.30. The van der Waals surface area contributed by atoms with E-state index in [1.165, 1.54) is 32.5 Å². The summed E-state index contributed by atoms with van der Waals surface area (Å²) in [7, 11) is 0. The molecule has 0 aliphatic carbocycles. The molecule has 2 fully saturated rings. The molecule has 0 saturated carbocycles. The van der Waals surface area contributed by atoms with E-state index in [1.807, 2.05) is 0 Å². The molecule has 2 rings (SSSR count). The van der Waals surface area contributed by atoms with Gasteiger partial charge in [-0.1, -0.05) is 6.92 Å². The molecule has 2 aliphatic rings. The van der Waals surface area contributed by atoms with E-state index in [0.29, 0.717) is 5.41 Å². The summed E-state index contributed by atoms with van der Waals surface area (Å²) in [4.78, 5) is 2.53. The van der Waals surface area contributed by atoms with Crippen molar-refractivity contribution in [3.05, 3.63) is 0 Å². The van der Waals surface area contributed by atoms with Crippen LogP contribution in [0.1, 0.15) is 19.8 Å². The van der Waals surface area contributed by atoms with Gasteiger partial charge in [-0.3, -0.25) is 0 Å². The van der Waals surface area contributed by atoms with Gasteiger partial charge in [-0.25, -0.2) is 0 Å². The van der Waals surface area contributed by atoms with Crippen LogP contribution in [0, 0.1) is 5.41 Å². The minimum atomic E-state index is 0.617. The van der Waals surface area contributed by atoms with E-state index in [0.717, 1.165) is 13.2 Å². The molecule has 2 aliphatic heterocycles. The van der Waals surface area contributed by atoms with Crippen LogP contribution >= 0.6 is 0 Å². The van der Waals surface area contributed by atoms with Gasteiger partial charge >= 0.3 is 0 Å². The Morgan fingerprint density at radius 2 is 1.91 bits per heavy atom. The van der Waals surface area contributed by atoms with Crippen molar-refractivity contribution >= 4 is 0 Å². The SMILES string of the molecule is CCN1CCC2(CC1)COC2. The maximum absolute atomic E-state index is 5.27. The number of hydrogen-bond acceptors (Lipinski definition) is 2. The molecule has 64 valence electrons. The van der Waals surface area contributed by atoms with E-state index in [9.17, 15) is 0 Å². The lowest BCUT2D eigenvalue weighted by Crippen LogP contribution is -2.50.